The van der Waals surface area contributed by atoms with E-state index in [9.17, 15) is 14.7 Å². The highest BCUT2D eigenvalue weighted by molar-refractivity contribution is 5.85. The highest BCUT2D eigenvalue weighted by Crippen LogP contribution is 2.37. The number of fused-ring (bicyclic) bond motifs is 5. The van der Waals surface area contributed by atoms with Crippen molar-refractivity contribution in [2.45, 2.75) is 25.4 Å². The van der Waals surface area contributed by atoms with Crippen LogP contribution in [-0.4, -0.2) is 34.8 Å². The van der Waals surface area contributed by atoms with Gasteiger partial charge in [-0.1, -0.05) is 18.2 Å². The number of pyridine rings is 1. The number of hydrogen-bond donors (Lipinski definition) is 1. The molecule has 2 aromatic carbocycles. The van der Waals surface area contributed by atoms with Gasteiger partial charge in [-0.3, -0.25) is 14.5 Å². The minimum atomic E-state index is -0.138. The molecule has 4 heterocycles. The molecule has 178 valence electrons. The number of nitrogens with zero attached hydrogens (tertiary/aromatic N) is 2. The number of aromatic hydroxyl groups is 1. The first-order chi connectivity index (χ1) is 17.0. The summed E-state index contributed by atoms with van der Waals surface area (Å²) < 4.78 is 13.1. The number of phenols is 1. The molecule has 2 aliphatic rings. The summed E-state index contributed by atoms with van der Waals surface area (Å²) in [6, 6.07) is 16.0. The highest BCUT2D eigenvalue weighted by Gasteiger charge is 2.35. The number of likely N-dealkylation sites (tertiary alicyclic amines) is 1. The van der Waals surface area contributed by atoms with Crippen LogP contribution in [-0.2, 0) is 13.1 Å². The Morgan fingerprint density at radius 1 is 1.03 bits per heavy atom. The average molecular weight is 471 g/mol. The van der Waals surface area contributed by atoms with E-state index in [1.807, 2.05) is 28.8 Å². The van der Waals surface area contributed by atoms with Gasteiger partial charge in [0.05, 0.1) is 23.6 Å². The van der Waals surface area contributed by atoms with E-state index in [1.54, 1.807) is 37.4 Å². The molecule has 2 bridgehead atoms. The summed E-state index contributed by atoms with van der Waals surface area (Å²) in [5.74, 6) is 1.46. The molecule has 2 atom stereocenters. The number of piperidine rings is 1. The Labute approximate surface area is 201 Å². The summed E-state index contributed by atoms with van der Waals surface area (Å²) >= 11 is 0. The molecule has 7 nitrogen and oxygen atoms in total. The van der Waals surface area contributed by atoms with Crippen molar-refractivity contribution in [3.63, 3.8) is 0 Å². The van der Waals surface area contributed by atoms with Crippen molar-refractivity contribution < 1.29 is 14.3 Å². The molecule has 0 radical (unpaired) electrons. The first-order valence-electron chi connectivity index (χ1n) is 11.8. The molecule has 0 amide bonds. The van der Waals surface area contributed by atoms with Crippen molar-refractivity contribution in [3.8, 4) is 22.6 Å². The summed E-state index contributed by atoms with van der Waals surface area (Å²) in [4.78, 5) is 28.0. The van der Waals surface area contributed by atoms with E-state index in [0.717, 1.165) is 30.8 Å². The van der Waals surface area contributed by atoms with Gasteiger partial charge in [0, 0.05) is 43.9 Å². The zero-order valence-electron chi connectivity index (χ0n) is 19.4. The minimum Gasteiger partial charge on any atom is -0.507 e. The maximum atomic E-state index is 13.3. The second-order valence-corrected chi connectivity index (χ2v) is 9.54. The molecule has 0 saturated carbocycles. The van der Waals surface area contributed by atoms with Gasteiger partial charge in [0.1, 0.15) is 23.3 Å². The Hall–Kier alpha value is -3.84. The molecule has 1 fully saturated rings. The lowest BCUT2D eigenvalue weighted by Crippen LogP contribution is -2.46. The van der Waals surface area contributed by atoms with Gasteiger partial charge in [-0.15, -0.1) is 0 Å². The Morgan fingerprint density at radius 3 is 2.66 bits per heavy atom. The quantitative estimate of drug-likeness (QED) is 0.486. The van der Waals surface area contributed by atoms with E-state index >= 15 is 0 Å². The van der Waals surface area contributed by atoms with Gasteiger partial charge in [-0.25, -0.2) is 0 Å². The van der Waals surface area contributed by atoms with Crippen molar-refractivity contribution in [2.24, 2.45) is 5.92 Å². The molecular formula is C28H26N2O5. The summed E-state index contributed by atoms with van der Waals surface area (Å²) in [6.07, 6.45) is 2.53. The fourth-order valence-electron chi connectivity index (χ4n) is 5.72. The molecule has 0 unspecified atom stereocenters. The molecule has 6 rings (SSSR count). The van der Waals surface area contributed by atoms with Crippen molar-refractivity contribution >= 4 is 11.0 Å². The smallest absolute Gasteiger partial charge is 0.250 e. The van der Waals surface area contributed by atoms with E-state index in [-0.39, 0.29) is 22.7 Å². The van der Waals surface area contributed by atoms with Crippen LogP contribution in [0.1, 0.15) is 23.6 Å². The van der Waals surface area contributed by atoms with Gasteiger partial charge in [0.25, 0.3) is 5.56 Å². The summed E-state index contributed by atoms with van der Waals surface area (Å²) in [6.45, 7) is 2.78. The maximum Gasteiger partial charge on any atom is 0.250 e. The Kier molecular flexibility index (Phi) is 5.22. The van der Waals surface area contributed by atoms with E-state index in [4.69, 9.17) is 9.15 Å². The third-order valence-electron chi connectivity index (χ3n) is 7.36. The van der Waals surface area contributed by atoms with Crippen LogP contribution < -0.4 is 15.7 Å². The van der Waals surface area contributed by atoms with Crippen molar-refractivity contribution in [1.29, 1.82) is 0 Å². The number of phenolic OH excluding ortho intramolecular Hbond substituents is 1. The zero-order valence-corrected chi connectivity index (χ0v) is 19.4. The Balaban J connectivity index is 1.34. The van der Waals surface area contributed by atoms with Gasteiger partial charge in [0.15, 0.2) is 0 Å². The number of ether oxygens (including phenoxy) is 1. The first-order valence-corrected chi connectivity index (χ1v) is 11.8. The van der Waals surface area contributed by atoms with E-state index < -0.39 is 0 Å². The van der Waals surface area contributed by atoms with Crippen molar-refractivity contribution in [3.05, 3.63) is 92.7 Å². The highest BCUT2D eigenvalue weighted by atomic mass is 16.5. The van der Waals surface area contributed by atoms with E-state index in [2.05, 4.69) is 4.90 Å². The predicted molar refractivity (Wildman–Crippen MR) is 133 cm³/mol. The molecule has 1 N–H and O–H groups in total. The van der Waals surface area contributed by atoms with Crippen molar-refractivity contribution in [2.75, 3.05) is 20.2 Å². The lowest BCUT2D eigenvalue weighted by atomic mass is 9.83. The number of methoxy groups -OCH3 is 1. The third-order valence-corrected chi connectivity index (χ3v) is 7.36. The van der Waals surface area contributed by atoms with Crippen LogP contribution in [0.5, 0.6) is 11.5 Å². The van der Waals surface area contributed by atoms with Crippen LogP contribution in [0.4, 0.5) is 0 Å². The number of aromatic nitrogens is 1. The van der Waals surface area contributed by atoms with Gasteiger partial charge in [-0.2, -0.15) is 0 Å². The molecule has 4 aromatic rings. The van der Waals surface area contributed by atoms with Crippen LogP contribution in [0.25, 0.3) is 22.1 Å². The third kappa shape index (κ3) is 3.72. The molecule has 0 aliphatic carbocycles. The van der Waals surface area contributed by atoms with Crippen LogP contribution in [0, 0.1) is 5.92 Å². The summed E-state index contributed by atoms with van der Waals surface area (Å²) in [5.41, 5.74) is 3.25. The SMILES string of the molecule is COc1ccc(-c2coc3c(CN4C[C@@H]5C[C@H](C4)c4cccc(=O)n4C5)c(O)ccc3c2=O)cc1. The lowest BCUT2D eigenvalue weighted by molar-refractivity contribution is 0.113. The number of rotatable bonds is 4. The van der Waals surface area contributed by atoms with Crippen LogP contribution in [0.15, 0.2) is 74.9 Å². The normalized spacial score (nSPS) is 19.5. The molecule has 35 heavy (non-hydrogen) atoms. The molecular weight excluding hydrogens is 444 g/mol. The first kappa shape index (κ1) is 21.7. The average Bonchev–Trinajstić information content (AvgIpc) is 2.87. The van der Waals surface area contributed by atoms with Crippen LogP contribution in [0.3, 0.4) is 0 Å². The van der Waals surface area contributed by atoms with E-state index in [0.29, 0.717) is 46.9 Å². The van der Waals surface area contributed by atoms with Gasteiger partial charge in [-0.05, 0) is 48.2 Å². The summed E-state index contributed by atoms with van der Waals surface area (Å²) in [5, 5.41) is 11.2. The molecule has 1 saturated heterocycles. The predicted octanol–water partition coefficient (Wildman–Crippen LogP) is 3.96. The maximum absolute atomic E-state index is 13.3. The fourth-order valence-corrected chi connectivity index (χ4v) is 5.72. The molecule has 0 spiro atoms. The largest absolute Gasteiger partial charge is 0.507 e. The van der Waals surface area contributed by atoms with Gasteiger partial charge < -0.3 is 18.8 Å². The molecule has 7 heteroatoms. The van der Waals surface area contributed by atoms with Crippen molar-refractivity contribution in [1.82, 2.24) is 9.47 Å². The van der Waals surface area contributed by atoms with E-state index in [1.165, 1.54) is 6.26 Å². The second kappa shape index (κ2) is 8.43. The number of benzene rings is 2. The Morgan fingerprint density at radius 2 is 1.86 bits per heavy atom. The summed E-state index contributed by atoms with van der Waals surface area (Å²) in [7, 11) is 1.60. The fraction of sp³-hybridized carbons (Fsp3) is 0.286. The zero-order chi connectivity index (χ0) is 24.1. The van der Waals surface area contributed by atoms with Gasteiger partial charge >= 0.3 is 0 Å². The monoisotopic (exact) mass is 470 g/mol. The lowest BCUT2D eigenvalue weighted by Gasteiger charge is -2.42. The van der Waals surface area contributed by atoms with Crippen LogP contribution >= 0.6 is 0 Å². The molecule has 2 aliphatic heterocycles. The Bertz CT molecular complexity index is 1540. The second-order valence-electron chi connectivity index (χ2n) is 9.54. The molecule has 2 aromatic heterocycles. The topological polar surface area (TPSA) is 84.9 Å². The number of hydrogen-bond acceptors (Lipinski definition) is 6. The van der Waals surface area contributed by atoms with Gasteiger partial charge in [0.2, 0.25) is 5.43 Å². The standard InChI is InChI=1S/C28H26N2O5/c1-34-20-7-5-18(6-8-20)23-16-35-28-21(27(23)33)9-10-25(31)22(28)15-29-12-17-11-19(14-29)24-3-2-4-26(32)30(24)13-17/h2-10,16-17,19,31H,11-15H2,1H3/t17-,19+/m0/s1. The van der Waals surface area contributed by atoms with Crippen LogP contribution in [0.2, 0.25) is 0 Å². The minimum absolute atomic E-state index is 0.0618.